The molecule has 0 saturated carbocycles. The number of aryl methyl sites for hydroxylation is 1. The molecule has 0 bridgehead atoms. The third kappa shape index (κ3) is 2.70. The number of hydrogen-bond donors (Lipinski definition) is 1. The quantitative estimate of drug-likeness (QED) is 0.562. The van der Waals surface area contributed by atoms with Crippen LogP contribution in [0.5, 0.6) is 0 Å². The first-order chi connectivity index (χ1) is 12.6. The number of carbonyl (C=O) groups excluding carboxylic acids is 1. The van der Waals surface area contributed by atoms with Gasteiger partial charge in [-0.15, -0.1) is 11.3 Å². The van der Waals surface area contributed by atoms with Gasteiger partial charge in [-0.25, -0.2) is 4.98 Å². The van der Waals surface area contributed by atoms with Crippen LogP contribution in [0.2, 0.25) is 0 Å². The van der Waals surface area contributed by atoms with Crippen LogP contribution in [0.25, 0.3) is 21.3 Å². The van der Waals surface area contributed by atoms with Gasteiger partial charge >= 0.3 is 0 Å². The molecular formula is C20H22N4OS. The van der Waals surface area contributed by atoms with Gasteiger partial charge in [0, 0.05) is 12.6 Å². The maximum absolute atomic E-state index is 12.9. The van der Waals surface area contributed by atoms with Gasteiger partial charge in [0.1, 0.15) is 11.5 Å². The Bertz CT molecular complexity index is 1090. The highest BCUT2D eigenvalue weighted by atomic mass is 32.1. The maximum atomic E-state index is 12.9. The average Bonchev–Trinajstić information content (AvgIpc) is 3.30. The molecular weight excluding hydrogens is 344 g/mol. The number of amides is 1. The summed E-state index contributed by atoms with van der Waals surface area (Å²) < 4.78 is 5.39. The lowest BCUT2D eigenvalue weighted by Gasteiger charge is -2.14. The number of benzene rings is 1. The molecule has 3 aromatic heterocycles. The number of nitrogens with zero attached hydrogens (tertiary/aromatic N) is 3. The molecule has 0 aliphatic carbocycles. The van der Waals surface area contributed by atoms with E-state index in [0.29, 0.717) is 12.2 Å². The standard InChI is InChI=1S/C20H22N4OS/c1-4-23-15-8-6-5-7-14(15)22-19(23)12-21-20(25)17-11-18-16(9-10-26-18)24(17)13(2)3/h5-11,13H,4,12H2,1-3H3,(H,21,25). The highest BCUT2D eigenvalue weighted by Crippen LogP contribution is 2.28. The summed E-state index contributed by atoms with van der Waals surface area (Å²) in [5.41, 5.74) is 3.90. The smallest absolute Gasteiger partial charge is 0.268 e. The van der Waals surface area contributed by atoms with E-state index >= 15 is 0 Å². The van der Waals surface area contributed by atoms with Crippen molar-refractivity contribution in [1.29, 1.82) is 0 Å². The lowest BCUT2D eigenvalue weighted by atomic mass is 10.3. The number of hydrogen-bond acceptors (Lipinski definition) is 3. The van der Waals surface area contributed by atoms with E-state index in [4.69, 9.17) is 0 Å². The molecule has 4 aromatic rings. The molecule has 0 atom stereocenters. The fourth-order valence-electron chi connectivity index (χ4n) is 3.54. The number of aromatic nitrogens is 3. The monoisotopic (exact) mass is 366 g/mol. The van der Waals surface area contributed by atoms with Crippen LogP contribution in [0.1, 0.15) is 43.1 Å². The maximum Gasteiger partial charge on any atom is 0.268 e. The third-order valence-corrected chi connectivity index (χ3v) is 5.52. The number of fused-ring (bicyclic) bond motifs is 2. The number of nitrogens with one attached hydrogen (secondary N) is 1. The molecule has 1 aromatic carbocycles. The van der Waals surface area contributed by atoms with Crippen LogP contribution in [0.15, 0.2) is 41.8 Å². The van der Waals surface area contributed by atoms with Crippen LogP contribution in [0.4, 0.5) is 0 Å². The summed E-state index contributed by atoms with van der Waals surface area (Å²) in [6, 6.07) is 12.4. The van der Waals surface area contributed by atoms with Gasteiger partial charge in [0.15, 0.2) is 0 Å². The lowest BCUT2D eigenvalue weighted by Crippen LogP contribution is -2.27. The van der Waals surface area contributed by atoms with Crippen molar-refractivity contribution >= 4 is 38.5 Å². The Kier molecular flexibility index (Phi) is 4.28. The van der Waals surface area contributed by atoms with Gasteiger partial charge < -0.3 is 14.5 Å². The fraction of sp³-hybridized carbons (Fsp3) is 0.300. The summed E-state index contributed by atoms with van der Waals surface area (Å²) in [5, 5.41) is 5.12. The summed E-state index contributed by atoms with van der Waals surface area (Å²) >= 11 is 1.66. The minimum absolute atomic E-state index is 0.0585. The second-order valence-corrected chi connectivity index (χ2v) is 7.55. The number of carbonyl (C=O) groups is 1. The average molecular weight is 366 g/mol. The predicted molar refractivity (Wildman–Crippen MR) is 107 cm³/mol. The van der Waals surface area contributed by atoms with Gasteiger partial charge in [0.05, 0.1) is 27.8 Å². The van der Waals surface area contributed by atoms with Gasteiger partial charge in [0.2, 0.25) is 0 Å². The Morgan fingerprint density at radius 2 is 2.04 bits per heavy atom. The summed E-state index contributed by atoms with van der Waals surface area (Å²) in [6.45, 7) is 7.54. The van der Waals surface area contributed by atoms with Gasteiger partial charge in [-0.3, -0.25) is 4.79 Å². The number of thiophene rings is 1. The molecule has 0 radical (unpaired) electrons. The number of rotatable bonds is 5. The summed E-state index contributed by atoms with van der Waals surface area (Å²) in [5.74, 6) is 0.823. The Hall–Kier alpha value is -2.60. The Morgan fingerprint density at radius 1 is 1.23 bits per heavy atom. The van der Waals surface area contributed by atoms with E-state index in [1.54, 1.807) is 11.3 Å². The van der Waals surface area contributed by atoms with Gasteiger partial charge in [-0.1, -0.05) is 12.1 Å². The topological polar surface area (TPSA) is 51.9 Å². The molecule has 0 aliphatic rings. The Balaban J connectivity index is 1.62. The first kappa shape index (κ1) is 16.8. The molecule has 134 valence electrons. The minimum atomic E-state index is -0.0585. The normalized spacial score (nSPS) is 11.7. The second kappa shape index (κ2) is 6.61. The van der Waals surface area contributed by atoms with Crippen molar-refractivity contribution in [2.75, 3.05) is 0 Å². The first-order valence-electron chi connectivity index (χ1n) is 8.91. The van der Waals surface area contributed by atoms with Crippen LogP contribution in [-0.4, -0.2) is 20.0 Å². The van der Waals surface area contributed by atoms with E-state index in [-0.39, 0.29) is 11.9 Å². The van der Waals surface area contributed by atoms with Crippen LogP contribution < -0.4 is 5.32 Å². The zero-order valence-corrected chi connectivity index (χ0v) is 16.0. The van der Waals surface area contributed by atoms with E-state index in [9.17, 15) is 4.79 Å². The van der Waals surface area contributed by atoms with Crippen LogP contribution >= 0.6 is 11.3 Å². The van der Waals surface area contributed by atoms with E-state index in [0.717, 1.165) is 33.6 Å². The fourth-order valence-corrected chi connectivity index (χ4v) is 4.35. The predicted octanol–water partition coefficient (Wildman–Crippen LogP) is 4.58. The molecule has 4 rings (SSSR count). The van der Waals surface area contributed by atoms with E-state index in [2.05, 4.69) is 57.7 Å². The largest absolute Gasteiger partial charge is 0.344 e. The van der Waals surface area contributed by atoms with Gasteiger partial charge in [0.25, 0.3) is 5.91 Å². The Labute approximate surface area is 156 Å². The molecule has 0 aliphatic heterocycles. The van der Waals surface area contributed by atoms with Crippen molar-refractivity contribution in [3.8, 4) is 0 Å². The molecule has 1 N–H and O–H groups in total. The van der Waals surface area contributed by atoms with E-state index < -0.39 is 0 Å². The summed E-state index contributed by atoms with van der Waals surface area (Å²) in [7, 11) is 0. The summed E-state index contributed by atoms with van der Waals surface area (Å²) in [6.07, 6.45) is 0. The minimum Gasteiger partial charge on any atom is -0.344 e. The SMILES string of the molecule is CCn1c(CNC(=O)c2cc3sccc3n2C(C)C)nc2ccccc21. The van der Waals surface area contributed by atoms with Crippen LogP contribution in [-0.2, 0) is 13.1 Å². The van der Waals surface area contributed by atoms with Crippen molar-refractivity contribution in [3.05, 3.63) is 53.3 Å². The third-order valence-electron chi connectivity index (χ3n) is 4.67. The van der Waals surface area contributed by atoms with E-state index in [1.807, 2.05) is 24.3 Å². The highest BCUT2D eigenvalue weighted by molar-refractivity contribution is 7.17. The van der Waals surface area contributed by atoms with Gasteiger partial charge in [-0.2, -0.15) is 0 Å². The van der Waals surface area contributed by atoms with E-state index in [1.165, 1.54) is 0 Å². The van der Waals surface area contributed by atoms with Crippen LogP contribution in [0, 0.1) is 0 Å². The van der Waals surface area contributed by atoms with Crippen molar-refractivity contribution < 1.29 is 4.79 Å². The first-order valence-corrected chi connectivity index (χ1v) is 9.79. The number of para-hydroxylation sites is 2. The van der Waals surface area contributed by atoms with Crippen molar-refractivity contribution in [3.63, 3.8) is 0 Å². The molecule has 26 heavy (non-hydrogen) atoms. The zero-order chi connectivity index (χ0) is 18.3. The lowest BCUT2D eigenvalue weighted by molar-refractivity contribution is 0.0939. The second-order valence-electron chi connectivity index (χ2n) is 6.61. The zero-order valence-electron chi connectivity index (χ0n) is 15.2. The molecule has 0 saturated heterocycles. The highest BCUT2D eigenvalue weighted by Gasteiger charge is 2.19. The summed E-state index contributed by atoms with van der Waals surface area (Å²) in [4.78, 5) is 17.5. The van der Waals surface area contributed by atoms with Crippen molar-refractivity contribution in [2.45, 2.75) is 39.9 Å². The van der Waals surface area contributed by atoms with Crippen molar-refractivity contribution in [2.24, 2.45) is 0 Å². The molecule has 6 heteroatoms. The number of imidazole rings is 1. The van der Waals surface area contributed by atoms with Crippen molar-refractivity contribution in [1.82, 2.24) is 19.4 Å². The van der Waals surface area contributed by atoms with Crippen LogP contribution in [0.3, 0.4) is 0 Å². The molecule has 5 nitrogen and oxygen atoms in total. The molecule has 0 fully saturated rings. The Morgan fingerprint density at radius 3 is 2.81 bits per heavy atom. The molecule has 0 spiro atoms. The van der Waals surface area contributed by atoms with Gasteiger partial charge in [-0.05, 0) is 50.4 Å². The molecule has 3 heterocycles. The molecule has 0 unspecified atom stereocenters. The molecule has 1 amide bonds.